The van der Waals surface area contributed by atoms with Crippen molar-refractivity contribution in [1.29, 1.82) is 0 Å². The fourth-order valence-corrected chi connectivity index (χ4v) is 3.66. The van der Waals surface area contributed by atoms with Crippen LogP contribution in [0.3, 0.4) is 0 Å². The van der Waals surface area contributed by atoms with Crippen molar-refractivity contribution in [2.75, 3.05) is 18.0 Å². The number of fused-ring (bicyclic) bond motifs is 1. The Morgan fingerprint density at radius 1 is 1.05 bits per heavy atom. The third kappa shape index (κ3) is 2.32. The van der Waals surface area contributed by atoms with Gasteiger partial charge in [0.1, 0.15) is 0 Å². The van der Waals surface area contributed by atoms with Crippen molar-refractivity contribution in [3.8, 4) is 0 Å². The fourth-order valence-electron chi connectivity index (χ4n) is 3.66. The number of amides is 1. The van der Waals surface area contributed by atoms with Crippen molar-refractivity contribution in [2.24, 2.45) is 0 Å². The normalized spacial score (nSPS) is 23.5. The largest absolute Gasteiger partial charge is 0.310 e. The average Bonchev–Trinajstić information content (AvgIpc) is 3.22. The fraction of sp³-hybridized carbons (Fsp3) is 0.316. The molecule has 2 unspecified atom stereocenters. The summed E-state index contributed by atoms with van der Waals surface area (Å²) < 4.78 is 0. The molecule has 1 saturated heterocycles. The minimum absolute atomic E-state index is 0.0589. The van der Waals surface area contributed by atoms with E-state index in [0.717, 1.165) is 31.6 Å². The van der Waals surface area contributed by atoms with Crippen LogP contribution in [0, 0.1) is 0 Å². The molecule has 3 heteroatoms. The standard InChI is InChI=1S/C19H20N2O/c22-19(21-11-10-15-8-4-5-9-18(15)21)17-12-16(13-20-17)14-6-2-1-3-7-14/h1-9,16-17,20H,10-13H2. The molecule has 22 heavy (non-hydrogen) atoms. The summed E-state index contributed by atoms with van der Waals surface area (Å²) in [5.41, 5.74) is 3.71. The molecule has 0 spiro atoms. The molecular formula is C19H20N2O. The molecule has 1 N–H and O–H groups in total. The lowest BCUT2D eigenvalue weighted by atomic mass is 9.96. The average molecular weight is 292 g/mol. The lowest BCUT2D eigenvalue weighted by molar-refractivity contribution is -0.120. The Morgan fingerprint density at radius 2 is 1.82 bits per heavy atom. The van der Waals surface area contributed by atoms with Crippen LogP contribution >= 0.6 is 0 Å². The molecule has 0 bridgehead atoms. The van der Waals surface area contributed by atoms with Crippen LogP contribution in [0.2, 0.25) is 0 Å². The molecule has 2 aliphatic heterocycles. The molecule has 0 aliphatic carbocycles. The lowest BCUT2D eigenvalue weighted by Crippen LogP contribution is -2.42. The second kappa shape index (κ2) is 5.58. The number of anilines is 1. The quantitative estimate of drug-likeness (QED) is 0.923. The van der Waals surface area contributed by atoms with Gasteiger partial charge >= 0.3 is 0 Å². The van der Waals surface area contributed by atoms with Gasteiger partial charge in [0.2, 0.25) is 5.91 Å². The Kier molecular flexibility index (Phi) is 3.43. The van der Waals surface area contributed by atoms with Gasteiger partial charge in [0, 0.05) is 18.8 Å². The molecule has 0 radical (unpaired) electrons. The summed E-state index contributed by atoms with van der Waals surface area (Å²) in [6.07, 6.45) is 1.86. The zero-order valence-electron chi connectivity index (χ0n) is 12.5. The van der Waals surface area contributed by atoms with Gasteiger partial charge < -0.3 is 10.2 Å². The van der Waals surface area contributed by atoms with Gasteiger partial charge in [0.15, 0.2) is 0 Å². The van der Waals surface area contributed by atoms with Crippen molar-refractivity contribution in [3.63, 3.8) is 0 Å². The van der Waals surface area contributed by atoms with Crippen molar-refractivity contribution < 1.29 is 4.79 Å². The maximum atomic E-state index is 12.9. The molecule has 0 aromatic heterocycles. The Morgan fingerprint density at radius 3 is 2.68 bits per heavy atom. The molecule has 1 amide bonds. The van der Waals surface area contributed by atoms with E-state index < -0.39 is 0 Å². The number of carbonyl (C=O) groups excluding carboxylic acids is 1. The van der Waals surface area contributed by atoms with E-state index in [1.807, 2.05) is 23.1 Å². The van der Waals surface area contributed by atoms with E-state index in [9.17, 15) is 4.79 Å². The summed E-state index contributed by atoms with van der Waals surface area (Å²) in [6, 6.07) is 18.7. The highest BCUT2D eigenvalue weighted by atomic mass is 16.2. The predicted molar refractivity (Wildman–Crippen MR) is 88.1 cm³/mol. The number of hydrogen-bond donors (Lipinski definition) is 1. The van der Waals surface area contributed by atoms with Gasteiger partial charge in [-0.2, -0.15) is 0 Å². The molecular weight excluding hydrogens is 272 g/mol. The van der Waals surface area contributed by atoms with E-state index in [1.54, 1.807) is 0 Å². The highest BCUT2D eigenvalue weighted by molar-refractivity contribution is 5.99. The minimum atomic E-state index is -0.0589. The molecule has 3 nitrogen and oxygen atoms in total. The summed E-state index contributed by atoms with van der Waals surface area (Å²) in [7, 11) is 0. The third-order valence-electron chi connectivity index (χ3n) is 4.85. The summed E-state index contributed by atoms with van der Waals surface area (Å²) in [5, 5.41) is 3.42. The molecule has 2 atom stereocenters. The van der Waals surface area contributed by atoms with Gasteiger partial charge in [-0.25, -0.2) is 0 Å². The molecule has 112 valence electrons. The van der Waals surface area contributed by atoms with Crippen molar-refractivity contribution in [3.05, 3.63) is 65.7 Å². The van der Waals surface area contributed by atoms with Gasteiger partial charge in [-0.05, 0) is 36.0 Å². The van der Waals surface area contributed by atoms with Crippen LogP contribution < -0.4 is 10.2 Å². The summed E-state index contributed by atoms with van der Waals surface area (Å²) in [6.45, 7) is 1.70. The minimum Gasteiger partial charge on any atom is -0.310 e. The molecule has 2 heterocycles. The number of hydrogen-bond acceptors (Lipinski definition) is 2. The second-order valence-corrected chi connectivity index (χ2v) is 6.17. The van der Waals surface area contributed by atoms with Gasteiger partial charge in [-0.15, -0.1) is 0 Å². The first-order chi connectivity index (χ1) is 10.8. The second-order valence-electron chi connectivity index (χ2n) is 6.17. The number of benzene rings is 2. The third-order valence-corrected chi connectivity index (χ3v) is 4.85. The van der Waals surface area contributed by atoms with Crippen LogP contribution in [0.25, 0.3) is 0 Å². The number of nitrogens with zero attached hydrogens (tertiary/aromatic N) is 1. The van der Waals surface area contributed by atoms with Gasteiger partial charge in [-0.3, -0.25) is 4.79 Å². The van der Waals surface area contributed by atoms with E-state index in [1.165, 1.54) is 11.1 Å². The Bertz CT molecular complexity index is 683. The van der Waals surface area contributed by atoms with Crippen molar-refractivity contribution in [2.45, 2.75) is 24.8 Å². The maximum Gasteiger partial charge on any atom is 0.244 e. The smallest absolute Gasteiger partial charge is 0.244 e. The molecule has 0 saturated carbocycles. The van der Waals surface area contributed by atoms with Crippen LogP contribution in [-0.4, -0.2) is 25.0 Å². The van der Waals surface area contributed by atoms with Crippen LogP contribution in [0.5, 0.6) is 0 Å². The summed E-state index contributed by atoms with van der Waals surface area (Å²) in [5.74, 6) is 0.663. The van der Waals surface area contributed by atoms with E-state index in [2.05, 4.69) is 41.7 Å². The lowest BCUT2D eigenvalue weighted by Gasteiger charge is -2.21. The van der Waals surface area contributed by atoms with Gasteiger partial charge in [-0.1, -0.05) is 48.5 Å². The molecule has 2 aromatic carbocycles. The van der Waals surface area contributed by atoms with Crippen LogP contribution in [-0.2, 0) is 11.2 Å². The van der Waals surface area contributed by atoms with Crippen LogP contribution in [0.1, 0.15) is 23.5 Å². The van der Waals surface area contributed by atoms with Crippen LogP contribution in [0.15, 0.2) is 54.6 Å². The highest BCUT2D eigenvalue weighted by Crippen LogP contribution is 2.31. The number of nitrogens with one attached hydrogen (secondary N) is 1. The Hall–Kier alpha value is -2.13. The molecule has 2 aromatic rings. The summed E-state index contributed by atoms with van der Waals surface area (Å²) >= 11 is 0. The van der Waals surface area contributed by atoms with E-state index in [-0.39, 0.29) is 11.9 Å². The molecule has 4 rings (SSSR count). The first-order valence-electron chi connectivity index (χ1n) is 8.00. The Balaban J connectivity index is 1.49. The zero-order valence-corrected chi connectivity index (χ0v) is 12.5. The SMILES string of the molecule is O=C(C1CC(c2ccccc2)CN1)N1CCc2ccccc21. The van der Waals surface area contributed by atoms with Crippen LogP contribution in [0.4, 0.5) is 5.69 Å². The predicted octanol–water partition coefficient (Wildman–Crippen LogP) is 2.72. The van der Waals surface area contributed by atoms with E-state index in [0.29, 0.717) is 5.92 Å². The number of rotatable bonds is 2. The first-order valence-corrected chi connectivity index (χ1v) is 8.00. The van der Waals surface area contributed by atoms with E-state index >= 15 is 0 Å². The monoisotopic (exact) mass is 292 g/mol. The first kappa shape index (κ1) is 13.5. The zero-order chi connectivity index (χ0) is 14.9. The molecule has 2 aliphatic rings. The molecule has 1 fully saturated rings. The van der Waals surface area contributed by atoms with E-state index in [4.69, 9.17) is 0 Å². The Labute approximate surface area is 131 Å². The number of carbonyl (C=O) groups is 1. The van der Waals surface area contributed by atoms with Crippen molar-refractivity contribution >= 4 is 11.6 Å². The van der Waals surface area contributed by atoms with Crippen molar-refractivity contribution in [1.82, 2.24) is 5.32 Å². The highest BCUT2D eigenvalue weighted by Gasteiger charge is 2.35. The maximum absolute atomic E-state index is 12.9. The summed E-state index contributed by atoms with van der Waals surface area (Å²) in [4.78, 5) is 14.8. The topological polar surface area (TPSA) is 32.3 Å². The number of para-hydroxylation sites is 1. The van der Waals surface area contributed by atoms with Gasteiger partial charge in [0.05, 0.1) is 6.04 Å². The van der Waals surface area contributed by atoms with Gasteiger partial charge in [0.25, 0.3) is 0 Å².